The number of hydrogen-bond donors (Lipinski definition) is 0. The summed E-state index contributed by atoms with van der Waals surface area (Å²) in [5.74, 6) is 0. The van der Waals surface area contributed by atoms with E-state index in [-0.39, 0.29) is 8.80 Å². The molecule has 0 aromatic carbocycles. The van der Waals surface area contributed by atoms with Crippen LogP contribution >= 0.6 is 0 Å². The minimum atomic E-state index is -0.139. The Kier molecular flexibility index (Phi) is 14.6. The number of hydrogen-bond acceptors (Lipinski definition) is 0. The van der Waals surface area contributed by atoms with Crippen LogP contribution in [0.1, 0.15) is 0 Å². The van der Waals surface area contributed by atoms with Crippen molar-refractivity contribution in [1.29, 1.82) is 0 Å². The third-order valence-corrected chi connectivity index (χ3v) is 0. The van der Waals surface area contributed by atoms with Crippen LogP contribution in [0.4, 0.5) is 0 Å². The van der Waals surface area contributed by atoms with Crippen molar-refractivity contribution in [2.24, 2.45) is 0 Å². The van der Waals surface area contributed by atoms with Crippen LogP contribution in [0.2, 0.25) is 26.2 Å². The molecule has 2 heteroatoms. The van der Waals surface area contributed by atoms with E-state index in [4.69, 9.17) is 0 Å². The summed E-state index contributed by atoms with van der Waals surface area (Å²) in [6.07, 6.45) is 0. The van der Waals surface area contributed by atoms with Crippen molar-refractivity contribution in [2.45, 2.75) is 26.2 Å². The molecule has 0 aliphatic rings. The zero-order chi connectivity index (χ0) is 5.58. The van der Waals surface area contributed by atoms with Gasteiger partial charge in [-0.15, -0.1) is 0 Å². The van der Waals surface area contributed by atoms with Crippen molar-refractivity contribution in [1.82, 2.24) is 0 Å². The summed E-state index contributed by atoms with van der Waals surface area (Å²) in [5.41, 5.74) is 0. The van der Waals surface area contributed by atoms with Gasteiger partial charge in [-0.1, -0.05) is 26.2 Å². The molecule has 0 saturated heterocycles. The Labute approximate surface area is 46.0 Å². The van der Waals surface area contributed by atoms with Crippen molar-refractivity contribution in [3.63, 3.8) is 0 Å². The third kappa shape index (κ3) is 278. The first-order chi connectivity index (χ1) is 2.73. The lowest BCUT2D eigenvalue weighted by molar-refractivity contribution is 1.91. The van der Waals surface area contributed by atoms with Gasteiger partial charge in [0.25, 0.3) is 0 Å². The fourth-order valence-corrected chi connectivity index (χ4v) is 0. The van der Waals surface area contributed by atoms with Crippen LogP contribution in [0.5, 0.6) is 0 Å². The summed E-state index contributed by atoms with van der Waals surface area (Å²) in [4.78, 5) is 0. The molecule has 40 valence electrons. The maximum absolute atomic E-state index is 2.31. The zero-order valence-corrected chi connectivity index (χ0v) is 8.73. The molecular formula is C4H16Si2. The molecule has 0 radical (unpaired) electrons. The van der Waals surface area contributed by atoms with Crippen LogP contribution in [-0.4, -0.2) is 19.0 Å². The second-order valence-corrected chi connectivity index (χ2v) is 5.20. The fraction of sp³-hybridized carbons (Fsp3) is 1.00. The Morgan fingerprint density at radius 3 is 1.00 bits per heavy atom. The fourth-order valence-electron chi connectivity index (χ4n) is 0. The van der Waals surface area contributed by atoms with Gasteiger partial charge in [-0.2, -0.15) is 0 Å². The first-order valence-corrected chi connectivity index (χ1v) is 8.20. The minimum absolute atomic E-state index is 0.139. The first-order valence-electron chi connectivity index (χ1n) is 2.73. The molecule has 0 aromatic heterocycles. The molecule has 0 heterocycles. The lowest BCUT2D eigenvalue weighted by atomic mass is 11.8. The quantitative estimate of drug-likeness (QED) is 0.409. The Balaban J connectivity index is 0. The van der Waals surface area contributed by atoms with Gasteiger partial charge in [0.15, 0.2) is 0 Å². The summed E-state index contributed by atoms with van der Waals surface area (Å²) in [7, 11) is 1.17. The molecule has 0 fully saturated rings. The predicted molar refractivity (Wildman–Crippen MR) is 40.5 cm³/mol. The minimum Gasteiger partial charge on any atom is -0.0777 e. The van der Waals surface area contributed by atoms with Gasteiger partial charge in [0, 0.05) is 8.80 Å². The van der Waals surface area contributed by atoms with Crippen LogP contribution in [0.25, 0.3) is 0 Å². The largest absolute Gasteiger partial charge is 0.0777 e. The maximum atomic E-state index is 2.31. The van der Waals surface area contributed by atoms with Crippen molar-refractivity contribution < 1.29 is 0 Å². The summed E-state index contributed by atoms with van der Waals surface area (Å²) in [6, 6.07) is 0. The molecule has 0 bridgehead atoms. The standard InChI is InChI=1S/C3H10Si.CH6Si/c1-4(2)3;1-2/h4H,1-3H3;1-2H3. The molecule has 0 spiro atoms. The normalized spacial score (nSPS) is 7.50. The van der Waals surface area contributed by atoms with E-state index in [1.54, 1.807) is 0 Å². The van der Waals surface area contributed by atoms with E-state index >= 15 is 0 Å². The van der Waals surface area contributed by atoms with Crippen LogP contribution in [0.3, 0.4) is 0 Å². The zero-order valence-electron chi connectivity index (χ0n) is 5.58. The van der Waals surface area contributed by atoms with Gasteiger partial charge in [-0.05, 0) is 10.2 Å². The van der Waals surface area contributed by atoms with Gasteiger partial charge in [-0.25, -0.2) is 0 Å². The molecule has 0 aromatic rings. The Bertz CT molecular complexity index is 10.3. The molecule has 0 rings (SSSR count). The third-order valence-electron chi connectivity index (χ3n) is 0. The van der Waals surface area contributed by atoms with Crippen molar-refractivity contribution in [2.75, 3.05) is 0 Å². The van der Waals surface area contributed by atoms with E-state index in [0.717, 1.165) is 0 Å². The smallest absolute Gasteiger partial charge is 0.0274 e. The molecule has 0 saturated carbocycles. The SMILES string of the molecule is C[SiH3].C[SiH](C)C. The van der Waals surface area contributed by atoms with E-state index in [0.29, 0.717) is 0 Å². The lowest BCUT2D eigenvalue weighted by Gasteiger charge is -1.75. The highest BCUT2D eigenvalue weighted by molar-refractivity contribution is 6.54. The van der Waals surface area contributed by atoms with E-state index in [1.165, 1.54) is 10.2 Å². The highest BCUT2D eigenvalue weighted by Gasteiger charge is 1.71. The van der Waals surface area contributed by atoms with Gasteiger partial charge < -0.3 is 0 Å². The molecule has 0 unspecified atom stereocenters. The molecule has 0 N–H and O–H groups in total. The molecule has 0 aliphatic heterocycles. The average Bonchev–Trinajstić information content (AvgIpc) is 1.41. The lowest BCUT2D eigenvalue weighted by Crippen LogP contribution is -1.84. The second-order valence-electron chi connectivity index (χ2n) is 1.73. The monoisotopic (exact) mass is 120 g/mol. The van der Waals surface area contributed by atoms with Gasteiger partial charge >= 0.3 is 0 Å². The molecule has 0 aliphatic carbocycles. The van der Waals surface area contributed by atoms with Gasteiger partial charge in [0.2, 0.25) is 0 Å². The van der Waals surface area contributed by atoms with Crippen molar-refractivity contribution in [3.05, 3.63) is 0 Å². The topological polar surface area (TPSA) is 0 Å². The average molecular weight is 120 g/mol. The van der Waals surface area contributed by atoms with E-state index < -0.39 is 0 Å². The summed E-state index contributed by atoms with van der Waals surface area (Å²) in [6.45, 7) is 9.06. The Morgan fingerprint density at radius 1 is 1.00 bits per heavy atom. The summed E-state index contributed by atoms with van der Waals surface area (Å²) in [5, 5.41) is 0. The van der Waals surface area contributed by atoms with Gasteiger partial charge in [0.05, 0.1) is 0 Å². The van der Waals surface area contributed by atoms with Crippen LogP contribution < -0.4 is 0 Å². The Morgan fingerprint density at radius 2 is 1.00 bits per heavy atom. The Hall–Kier alpha value is 0.434. The van der Waals surface area contributed by atoms with Crippen molar-refractivity contribution >= 4 is 19.0 Å². The van der Waals surface area contributed by atoms with Gasteiger partial charge in [-0.3, -0.25) is 0 Å². The predicted octanol–water partition coefficient (Wildman–Crippen LogP) is 0.503. The van der Waals surface area contributed by atoms with Crippen molar-refractivity contribution in [3.8, 4) is 0 Å². The molecule has 0 atom stereocenters. The van der Waals surface area contributed by atoms with Crippen LogP contribution in [-0.2, 0) is 0 Å². The van der Waals surface area contributed by atoms with E-state index in [9.17, 15) is 0 Å². The maximum Gasteiger partial charge on any atom is 0.0274 e. The molecule has 6 heavy (non-hydrogen) atoms. The van der Waals surface area contributed by atoms with Crippen LogP contribution in [0, 0.1) is 0 Å². The van der Waals surface area contributed by atoms with Gasteiger partial charge in [0.1, 0.15) is 0 Å². The van der Waals surface area contributed by atoms with E-state index in [2.05, 4.69) is 26.2 Å². The number of rotatable bonds is 0. The highest BCUT2D eigenvalue weighted by atomic mass is 28.3. The van der Waals surface area contributed by atoms with E-state index in [1.807, 2.05) is 0 Å². The molecule has 0 amide bonds. The summed E-state index contributed by atoms with van der Waals surface area (Å²) >= 11 is 0. The molecule has 0 nitrogen and oxygen atoms in total. The van der Waals surface area contributed by atoms with Crippen LogP contribution in [0.15, 0.2) is 0 Å². The first kappa shape index (κ1) is 9.66. The summed E-state index contributed by atoms with van der Waals surface area (Å²) < 4.78 is 0. The highest BCUT2D eigenvalue weighted by Crippen LogP contribution is 1.68. The second kappa shape index (κ2) is 9.06. The molecular weight excluding hydrogens is 104 g/mol.